The van der Waals surface area contributed by atoms with Crippen LogP contribution in [0.25, 0.3) is 0 Å². The lowest BCUT2D eigenvalue weighted by atomic mass is 11.2. The second-order valence-corrected chi connectivity index (χ2v) is 0.778. The smallest absolute Gasteiger partial charge is 0.268 e. The van der Waals surface area contributed by atoms with Crippen LogP contribution in [0.5, 0.6) is 0 Å². The van der Waals surface area contributed by atoms with Crippen molar-refractivity contribution < 1.29 is 14.6 Å². The van der Waals surface area contributed by atoms with Crippen molar-refractivity contribution in [2.75, 3.05) is 14.2 Å². The Balaban J connectivity index is 2.75. The van der Waals surface area contributed by atoms with E-state index in [0.717, 1.165) is 0 Å². The van der Waals surface area contributed by atoms with Gasteiger partial charge in [-0.25, -0.2) is 0 Å². The van der Waals surface area contributed by atoms with Crippen molar-refractivity contribution in [1.29, 1.82) is 0 Å². The van der Waals surface area contributed by atoms with Crippen molar-refractivity contribution in [1.82, 2.24) is 0 Å². The Bertz CT molecular complexity index is 25.2. The van der Waals surface area contributed by atoms with Crippen molar-refractivity contribution in [2.45, 2.75) is 6.48 Å². The topological polar surface area (TPSA) is 38.7 Å². The fourth-order valence-electron chi connectivity index (χ4n) is 0.0962. The van der Waals surface area contributed by atoms with E-state index in [1.807, 2.05) is 0 Å². The Kier molecular flexibility index (Phi) is 3.02. The first-order chi connectivity index (χ1) is 2.81. The Morgan fingerprint density at radius 2 is 1.67 bits per heavy atom. The molecule has 0 spiro atoms. The monoisotopic (exact) mass is 92.0 g/mol. The number of aliphatic hydroxyl groups is 1. The van der Waals surface area contributed by atoms with Crippen LogP contribution in [0.1, 0.15) is 0 Å². The number of methoxy groups -OCH3 is 2. The van der Waals surface area contributed by atoms with Gasteiger partial charge < -0.3 is 14.6 Å². The minimum Gasteiger partial charge on any atom is -0.346 e. The maximum atomic E-state index is 8.22. The van der Waals surface area contributed by atoms with E-state index in [1.54, 1.807) is 0 Å². The van der Waals surface area contributed by atoms with Gasteiger partial charge in [-0.15, -0.1) is 0 Å². The third kappa shape index (κ3) is 2.14. The summed E-state index contributed by atoms with van der Waals surface area (Å²) in [6.07, 6.45) is 0. The van der Waals surface area contributed by atoms with Gasteiger partial charge in [0.25, 0.3) is 6.48 Å². The van der Waals surface area contributed by atoms with Crippen LogP contribution in [0.3, 0.4) is 0 Å². The summed E-state index contributed by atoms with van der Waals surface area (Å²) >= 11 is 0. The Labute approximate surface area is 36.5 Å². The van der Waals surface area contributed by atoms with Crippen LogP contribution in [-0.4, -0.2) is 25.8 Å². The lowest BCUT2D eigenvalue weighted by Crippen LogP contribution is -2.09. The van der Waals surface area contributed by atoms with Gasteiger partial charge in [-0.1, -0.05) is 0 Å². The molecule has 0 atom stereocenters. The highest BCUT2D eigenvalue weighted by atomic mass is 16.8. The van der Waals surface area contributed by atoms with Gasteiger partial charge in [0.05, 0.1) is 0 Å². The molecule has 0 aromatic carbocycles. The molecule has 0 aliphatic carbocycles. The average molecular weight is 92.1 g/mol. The van der Waals surface area contributed by atoms with Crippen molar-refractivity contribution in [3.8, 4) is 0 Å². The van der Waals surface area contributed by atoms with Crippen LogP contribution >= 0.6 is 0 Å². The Morgan fingerprint density at radius 3 is 1.67 bits per heavy atom. The Morgan fingerprint density at radius 1 is 1.33 bits per heavy atom. The predicted molar refractivity (Wildman–Crippen MR) is 20.0 cm³/mol. The highest BCUT2D eigenvalue weighted by Crippen LogP contribution is 1.78. The summed E-state index contributed by atoms with van der Waals surface area (Å²) in [6.45, 7) is -1.06. The minimum absolute atomic E-state index is 1.06. The second kappa shape index (κ2) is 3.08. The van der Waals surface area contributed by atoms with Crippen molar-refractivity contribution >= 4 is 0 Å². The minimum atomic E-state index is -1.06. The van der Waals surface area contributed by atoms with E-state index >= 15 is 0 Å². The molecular weight excluding hydrogens is 84.0 g/mol. The summed E-state index contributed by atoms with van der Waals surface area (Å²) in [5, 5.41) is 8.22. The molecule has 0 aromatic heterocycles. The van der Waals surface area contributed by atoms with Gasteiger partial charge in [0.2, 0.25) is 0 Å². The highest BCUT2D eigenvalue weighted by molar-refractivity contribution is 4.00. The summed E-state index contributed by atoms with van der Waals surface area (Å²) in [6, 6.07) is 0. The fourth-order valence-corrected chi connectivity index (χ4v) is 0.0962. The molecule has 0 saturated carbocycles. The van der Waals surface area contributed by atoms with Crippen LogP contribution in [0.2, 0.25) is 0 Å². The molecule has 0 amide bonds. The molecule has 0 aliphatic rings. The third-order valence-electron chi connectivity index (χ3n) is 0.403. The molecule has 3 heteroatoms. The van der Waals surface area contributed by atoms with Gasteiger partial charge in [-0.3, -0.25) is 0 Å². The largest absolute Gasteiger partial charge is 0.346 e. The van der Waals surface area contributed by atoms with Crippen molar-refractivity contribution in [3.05, 3.63) is 0 Å². The maximum absolute atomic E-state index is 8.22. The number of ether oxygens (including phenoxy) is 2. The summed E-state index contributed by atoms with van der Waals surface area (Å²) in [4.78, 5) is 0. The zero-order chi connectivity index (χ0) is 4.99. The molecule has 38 valence electrons. The SMILES string of the molecule is COC(O)OC. The van der Waals surface area contributed by atoms with E-state index in [0.29, 0.717) is 0 Å². The van der Waals surface area contributed by atoms with Crippen molar-refractivity contribution in [3.63, 3.8) is 0 Å². The molecule has 0 heterocycles. The van der Waals surface area contributed by atoms with Crippen LogP contribution in [0.15, 0.2) is 0 Å². The number of rotatable bonds is 2. The second-order valence-electron chi connectivity index (χ2n) is 0.778. The number of hydrogen-bond acceptors (Lipinski definition) is 3. The van der Waals surface area contributed by atoms with Gasteiger partial charge in [-0.05, 0) is 0 Å². The molecule has 0 unspecified atom stereocenters. The first-order valence-electron chi connectivity index (χ1n) is 1.55. The van der Waals surface area contributed by atoms with Gasteiger partial charge >= 0.3 is 0 Å². The molecule has 0 aromatic rings. The molecule has 1 N–H and O–H groups in total. The van der Waals surface area contributed by atoms with E-state index in [4.69, 9.17) is 5.11 Å². The zero-order valence-electron chi connectivity index (χ0n) is 3.84. The van der Waals surface area contributed by atoms with Crippen LogP contribution in [0, 0.1) is 0 Å². The van der Waals surface area contributed by atoms with Gasteiger partial charge in [0.15, 0.2) is 0 Å². The fraction of sp³-hybridized carbons (Fsp3) is 1.00. The molecule has 0 radical (unpaired) electrons. The summed E-state index contributed by atoms with van der Waals surface area (Å²) < 4.78 is 8.47. The van der Waals surface area contributed by atoms with E-state index < -0.39 is 6.48 Å². The molecule has 0 rings (SSSR count). The Hall–Kier alpha value is -0.120. The van der Waals surface area contributed by atoms with E-state index in [1.165, 1.54) is 14.2 Å². The van der Waals surface area contributed by atoms with E-state index in [9.17, 15) is 0 Å². The first kappa shape index (κ1) is 5.88. The first-order valence-corrected chi connectivity index (χ1v) is 1.55. The quantitative estimate of drug-likeness (QED) is 0.469. The van der Waals surface area contributed by atoms with E-state index in [2.05, 4.69) is 9.47 Å². The predicted octanol–water partition coefficient (Wildman–Crippen LogP) is -0.445. The molecule has 0 saturated heterocycles. The summed E-state index contributed by atoms with van der Waals surface area (Å²) in [5.41, 5.74) is 0. The van der Waals surface area contributed by atoms with Crippen LogP contribution in [0.4, 0.5) is 0 Å². The lowest BCUT2D eigenvalue weighted by Gasteiger charge is -2.01. The van der Waals surface area contributed by atoms with Gasteiger partial charge in [-0.2, -0.15) is 0 Å². The molecule has 0 aliphatic heterocycles. The standard InChI is InChI=1S/C3H8O3/c1-5-3(4)6-2/h3-4H,1-2H3. The number of aliphatic hydroxyl groups excluding tert-OH is 1. The normalized spacial score (nSPS) is 10.0. The van der Waals surface area contributed by atoms with Crippen molar-refractivity contribution in [2.24, 2.45) is 0 Å². The molecular formula is C3H8O3. The third-order valence-corrected chi connectivity index (χ3v) is 0.403. The molecule has 0 bridgehead atoms. The lowest BCUT2D eigenvalue weighted by molar-refractivity contribution is -0.236. The average Bonchev–Trinajstić information content (AvgIpc) is 1.65. The summed E-state index contributed by atoms with van der Waals surface area (Å²) in [5.74, 6) is 0. The number of hydrogen-bond donors (Lipinski definition) is 1. The molecule has 3 nitrogen and oxygen atoms in total. The van der Waals surface area contributed by atoms with Gasteiger partial charge in [0, 0.05) is 14.2 Å². The summed E-state index contributed by atoms with van der Waals surface area (Å²) in [7, 11) is 2.71. The van der Waals surface area contributed by atoms with E-state index in [-0.39, 0.29) is 0 Å². The molecule has 6 heavy (non-hydrogen) atoms. The maximum Gasteiger partial charge on any atom is 0.268 e. The van der Waals surface area contributed by atoms with Gasteiger partial charge in [0.1, 0.15) is 0 Å². The molecule has 0 fully saturated rings. The zero-order valence-corrected chi connectivity index (χ0v) is 3.84. The van der Waals surface area contributed by atoms with Crippen LogP contribution in [-0.2, 0) is 9.47 Å². The highest BCUT2D eigenvalue weighted by Gasteiger charge is 1.90. The van der Waals surface area contributed by atoms with Crippen LogP contribution < -0.4 is 0 Å².